The minimum atomic E-state index is -0.358. The van der Waals surface area contributed by atoms with Crippen molar-refractivity contribution in [2.45, 2.75) is 19.9 Å². The van der Waals surface area contributed by atoms with E-state index in [1.54, 1.807) is 14.2 Å². The second-order valence-corrected chi connectivity index (χ2v) is 8.86. The van der Waals surface area contributed by atoms with Gasteiger partial charge in [-0.3, -0.25) is 0 Å². The van der Waals surface area contributed by atoms with Gasteiger partial charge in [-0.25, -0.2) is 4.79 Å². The fourth-order valence-electron chi connectivity index (χ4n) is 4.96. The number of benzene rings is 4. The minimum absolute atomic E-state index is 0.288. The number of para-hydroxylation sites is 1. The Hall–Kier alpha value is -4.45. The molecule has 1 aromatic heterocycles. The summed E-state index contributed by atoms with van der Waals surface area (Å²) in [7, 11) is 3.21. The maximum absolute atomic E-state index is 13.4. The molecule has 1 heterocycles. The van der Waals surface area contributed by atoms with Gasteiger partial charge in [-0.1, -0.05) is 60.7 Å². The first kappa shape index (κ1) is 25.2. The van der Waals surface area contributed by atoms with Gasteiger partial charge in [0.1, 0.15) is 11.4 Å². The molecular weight excluding hydrogens is 478 g/mol. The minimum Gasteiger partial charge on any atom is -0.493 e. The fourth-order valence-corrected chi connectivity index (χ4v) is 4.96. The zero-order valence-corrected chi connectivity index (χ0v) is 21.9. The van der Waals surface area contributed by atoms with Crippen LogP contribution in [0.1, 0.15) is 23.8 Å². The first-order valence-corrected chi connectivity index (χ1v) is 12.8. The Morgan fingerprint density at radius 2 is 1.53 bits per heavy atom. The van der Waals surface area contributed by atoms with Crippen LogP contribution in [-0.4, -0.2) is 38.0 Å². The van der Waals surface area contributed by atoms with Crippen molar-refractivity contribution in [1.82, 2.24) is 4.57 Å². The SMILES string of the molecule is CCOC(=O)c1c(-c2ccc(OC)c(OC)c2)c2ccccc2n1CCCOc1cccc2ccccc12. The molecule has 0 atom stereocenters. The average Bonchev–Trinajstić information content (AvgIpc) is 3.29. The van der Waals surface area contributed by atoms with Crippen LogP contribution < -0.4 is 14.2 Å². The molecule has 6 nitrogen and oxygen atoms in total. The number of esters is 1. The van der Waals surface area contributed by atoms with E-state index in [0.717, 1.165) is 38.6 Å². The average molecular weight is 510 g/mol. The maximum atomic E-state index is 13.4. The van der Waals surface area contributed by atoms with Gasteiger partial charge in [0.2, 0.25) is 0 Å². The van der Waals surface area contributed by atoms with E-state index in [-0.39, 0.29) is 12.6 Å². The van der Waals surface area contributed by atoms with Crippen LogP contribution in [0.5, 0.6) is 17.2 Å². The Labute approximate surface area is 222 Å². The monoisotopic (exact) mass is 509 g/mol. The third kappa shape index (κ3) is 4.77. The predicted octanol–water partition coefficient (Wildman–Crippen LogP) is 7.12. The Morgan fingerprint density at radius 3 is 2.32 bits per heavy atom. The first-order chi connectivity index (χ1) is 18.7. The van der Waals surface area contributed by atoms with Crippen LogP contribution in [0.25, 0.3) is 32.8 Å². The largest absolute Gasteiger partial charge is 0.493 e. The highest BCUT2D eigenvalue weighted by atomic mass is 16.5. The highest BCUT2D eigenvalue weighted by molar-refractivity contribution is 6.08. The molecule has 0 N–H and O–H groups in total. The molecule has 0 aliphatic carbocycles. The number of hydrogen-bond donors (Lipinski definition) is 0. The Bertz CT molecular complexity index is 1580. The number of methoxy groups -OCH3 is 2. The van der Waals surface area contributed by atoms with E-state index in [9.17, 15) is 4.79 Å². The van der Waals surface area contributed by atoms with Crippen molar-refractivity contribution in [3.63, 3.8) is 0 Å². The second kappa shape index (κ2) is 11.3. The Balaban J connectivity index is 1.51. The van der Waals surface area contributed by atoms with E-state index in [0.29, 0.717) is 36.8 Å². The maximum Gasteiger partial charge on any atom is 0.355 e. The molecule has 0 amide bonds. The van der Waals surface area contributed by atoms with Crippen molar-refractivity contribution in [3.05, 3.63) is 90.6 Å². The highest BCUT2D eigenvalue weighted by Crippen LogP contribution is 2.39. The quantitative estimate of drug-likeness (QED) is 0.148. The first-order valence-electron chi connectivity index (χ1n) is 12.8. The summed E-state index contributed by atoms with van der Waals surface area (Å²) in [5.41, 5.74) is 3.15. The molecule has 4 aromatic carbocycles. The number of hydrogen-bond acceptors (Lipinski definition) is 5. The molecule has 0 bridgehead atoms. The van der Waals surface area contributed by atoms with Crippen LogP contribution in [0, 0.1) is 0 Å². The fraction of sp³-hybridized carbons (Fsp3) is 0.219. The highest BCUT2D eigenvalue weighted by Gasteiger charge is 2.25. The molecule has 0 aliphatic rings. The molecular formula is C32H31NO5. The van der Waals surface area contributed by atoms with E-state index in [2.05, 4.69) is 18.2 Å². The summed E-state index contributed by atoms with van der Waals surface area (Å²) in [6, 6.07) is 28.0. The summed E-state index contributed by atoms with van der Waals surface area (Å²) in [6.45, 7) is 3.20. The van der Waals surface area contributed by atoms with E-state index in [4.69, 9.17) is 18.9 Å². The summed E-state index contributed by atoms with van der Waals surface area (Å²) < 4.78 is 24.8. The number of fused-ring (bicyclic) bond motifs is 2. The van der Waals surface area contributed by atoms with Gasteiger partial charge in [0.05, 0.1) is 27.4 Å². The molecule has 0 saturated carbocycles. The second-order valence-electron chi connectivity index (χ2n) is 8.86. The van der Waals surface area contributed by atoms with E-state index >= 15 is 0 Å². The van der Waals surface area contributed by atoms with Gasteiger partial charge in [-0.05, 0) is 48.6 Å². The predicted molar refractivity (Wildman–Crippen MR) is 150 cm³/mol. The third-order valence-corrected chi connectivity index (χ3v) is 6.65. The molecule has 6 heteroatoms. The van der Waals surface area contributed by atoms with Gasteiger partial charge in [0.25, 0.3) is 0 Å². The number of aryl methyl sites for hydroxylation is 1. The summed E-state index contributed by atoms with van der Waals surface area (Å²) in [5, 5.41) is 3.20. The van der Waals surface area contributed by atoms with Gasteiger partial charge in [-0.15, -0.1) is 0 Å². The van der Waals surface area contributed by atoms with Crippen LogP contribution in [0.2, 0.25) is 0 Å². The Morgan fingerprint density at radius 1 is 0.789 bits per heavy atom. The van der Waals surface area contributed by atoms with Gasteiger partial charge in [-0.2, -0.15) is 0 Å². The van der Waals surface area contributed by atoms with Crippen LogP contribution in [0.3, 0.4) is 0 Å². The molecule has 0 aliphatic heterocycles. The molecule has 0 fully saturated rings. The van der Waals surface area contributed by atoms with E-state index < -0.39 is 0 Å². The summed E-state index contributed by atoms with van der Waals surface area (Å²) in [4.78, 5) is 13.4. The number of aromatic nitrogens is 1. The summed E-state index contributed by atoms with van der Waals surface area (Å²) in [6.07, 6.45) is 0.708. The van der Waals surface area contributed by atoms with Crippen LogP contribution in [-0.2, 0) is 11.3 Å². The number of ether oxygens (including phenoxy) is 4. The van der Waals surface area contributed by atoms with E-state index in [1.807, 2.05) is 78.2 Å². The number of carbonyl (C=O) groups is 1. The van der Waals surface area contributed by atoms with Crippen molar-refractivity contribution >= 4 is 27.6 Å². The number of nitrogens with zero attached hydrogens (tertiary/aromatic N) is 1. The van der Waals surface area contributed by atoms with Gasteiger partial charge in [0, 0.05) is 28.4 Å². The molecule has 38 heavy (non-hydrogen) atoms. The molecule has 0 unspecified atom stereocenters. The van der Waals surface area contributed by atoms with Crippen LogP contribution in [0.15, 0.2) is 84.9 Å². The van der Waals surface area contributed by atoms with Gasteiger partial charge >= 0.3 is 5.97 Å². The number of rotatable bonds is 10. The van der Waals surface area contributed by atoms with E-state index in [1.165, 1.54) is 0 Å². The molecule has 0 saturated heterocycles. The van der Waals surface area contributed by atoms with Crippen molar-refractivity contribution in [3.8, 4) is 28.4 Å². The summed E-state index contributed by atoms with van der Waals surface area (Å²) >= 11 is 0. The molecule has 0 spiro atoms. The lowest BCUT2D eigenvalue weighted by Gasteiger charge is -2.14. The molecule has 194 valence electrons. The van der Waals surface area contributed by atoms with Crippen molar-refractivity contribution in [1.29, 1.82) is 0 Å². The molecule has 0 radical (unpaired) electrons. The standard InChI is InChI=1S/C32H31NO5/c1-4-37-32(34)31-30(23-17-18-28(35-2)29(21-23)36-3)25-14-7-8-15-26(25)33(31)19-10-20-38-27-16-9-12-22-11-5-6-13-24(22)27/h5-9,11-18,21H,4,10,19-20H2,1-3H3. The Kier molecular flexibility index (Phi) is 7.50. The lowest BCUT2D eigenvalue weighted by molar-refractivity contribution is 0.0515. The summed E-state index contributed by atoms with van der Waals surface area (Å²) in [5.74, 6) is 1.73. The molecule has 5 aromatic rings. The third-order valence-electron chi connectivity index (χ3n) is 6.65. The van der Waals surface area contributed by atoms with Crippen molar-refractivity contribution in [2.75, 3.05) is 27.4 Å². The van der Waals surface area contributed by atoms with Crippen LogP contribution in [0.4, 0.5) is 0 Å². The van der Waals surface area contributed by atoms with Crippen molar-refractivity contribution < 1.29 is 23.7 Å². The van der Waals surface area contributed by atoms with Gasteiger partial charge < -0.3 is 23.5 Å². The lowest BCUT2D eigenvalue weighted by Crippen LogP contribution is -2.15. The zero-order valence-electron chi connectivity index (χ0n) is 21.9. The lowest BCUT2D eigenvalue weighted by atomic mass is 10.0. The number of carbonyl (C=O) groups excluding carboxylic acids is 1. The van der Waals surface area contributed by atoms with Crippen molar-refractivity contribution in [2.24, 2.45) is 0 Å². The van der Waals surface area contributed by atoms with Crippen LogP contribution >= 0.6 is 0 Å². The normalized spacial score (nSPS) is 11.0. The topological polar surface area (TPSA) is 58.9 Å². The van der Waals surface area contributed by atoms with Gasteiger partial charge in [0.15, 0.2) is 11.5 Å². The zero-order chi connectivity index (χ0) is 26.5. The smallest absolute Gasteiger partial charge is 0.355 e. The molecule has 5 rings (SSSR count).